The maximum atomic E-state index is 13.4. The van der Waals surface area contributed by atoms with E-state index in [1.807, 2.05) is 54.6 Å². The van der Waals surface area contributed by atoms with Crippen molar-refractivity contribution in [1.82, 2.24) is 14.5 Å². The third-order valence-electron chi connectivity index (χ3n) is 6.06. The monoisotopic (exact) mass is 530 g/mol. The van der Waals surface area contributed by atoms with Crippen molar-refractivity contribution in [2.75, 3.05) is 5.32 Å². The fraction of sp³-hybridized carbons (Fsp3) is 0.138. The molecule has 0 aliphatic heterocycles. The number of amides is 1. The summed E-state index contributed by atoms with van der Waals surface area (Å²) in [6.45, 7) is 2.66. The number of rotatable bonds is 8. The molecule has 0 saturated carbocycles. The number of carbonyl (C=O) groups is 1. The molecule has 5 aromatic rings. The van der Waals surface area contributed by atoms with Crippen molar-refractivity contribution >= 4 is 46.0 Å². The molecule has 1 N–H and O–H groups in total. The van der Waals surface area contributed by atoms with Crippen LogP contribution in [0, 0.1) is 5.82 Å². The van der Waals surface area contributed by atoms with E-state index in [-0.39, 0.29) is 11.7 Å². The quantitative estimate of drug-likeness (QED) is 0.213. The van der Waals surface area contributed by atoms with Gasteiger partial charge < -0.3 is 9.88 Å². The highest BCUT2D eigenvalue weighted by Crippen LogP contribution is 2.30. The molecule has 0 aliphatic carbocycles. The Bertz CT molecular complexity index is 1550. The van der Waals surface area contributed by atoms with Crippen LogP contribution in [-0.2, 0) is 18.7 Å². The Morgan fingerprint density at radius 3 is 2.51 bits per heavy atom. The zero-order valence-corrected chi connectivity index (χ0v) is 21.7. The number of aryl methyl sites for hydroxylation is 1. The van der Waals surface area contributed by atoms with Gasteiger partial charge in [0, 0.05) is 28.2 Å². The summed E-state index contributed by atoms with van der Waals surface area (Å²) < 4.78 is 15.5. The molecule has 37 heavy (non-hydrogen) atoms. The number of hydrogen-bond acceptors (Lipinski definition) is 4. The van der Waals surface area contributed by atoms with Crippen LogP contribution in [0.2, 0.25) is 5.02 Å². The van der Waals surface area contributed by atoms with Gasteiger partial charge >= 0.3 is 0 Å². The first-order valence-corrected chi connectivity index (χ1v) is 13.2. The molecule has 186 valence electrons. The topological polar surface area (TPSA) is 59.8 Å². The lowest BCUT2D eigenvalue weighted by molar-refractivity contribution is 0.102. The van der Waals surface area contributed by atoms with Crippen LogP contribution in [0.15, 0.2) is 90.3 Å². The van der Waals surface area contributed by atoms with E-state index < -0.39 is 0 Å². The summed E-state index contributed by atoms with van der Waals surface area (Å²) in [6.07, 6.45) is 4.47. The number of imidazole rings is 1. The van der Waals surface area contributed by atoms with Crippen LogP contribution in [0.1, 0.15) is 34.0 Å². The number of aromatic nitrogens is 3. The molecular formula is C29H24ClFN4OS. The van der Waals surface area contributed by atoms with Gasteiger partial charge in [0.1, 0.15) is 5.82 Å². The second-order valence-corrected chi connectivity index (χ2v) is 9.92. The minimum Gasteiger partial charge on any atom is -0.322 e. The second kappa shape index (κ2) is 11.2. The van der Waals surface area contributed by atoms with E-state index in [1.54, 1.807) is 18.5 Å². The zero-order chi connectivity index (χ0) is 25.8. The maximum absolute atomic E-state index is 13.4. The largest absolute Gasteiger partial charge is 0.322 e. The van der Waals surface area contributed by atoms with Gasteiger partial charge in [0.15, 0.2) is 5.16 Å². The van der Waals surface area contributed by atoms with Crippen molar-refractivity contribution < 1.29 is 9.18 Å². The van der Waals surface area contributed by atoms with E-state index in [4.69, 9.17) is 16.6 Å². The predicted octanol–water partition coefficient (Wildman–Crippen LogP) is 7.38. The van der Waals surface area contributed by atoms with E-state index in [9.17, 15) is 9.18 Å². The van der Waals surface area contributed by atoms with Gasteiger partial charge in [-0.1, -0.05) is 60.6 Å². The number of nitrogens with zero attached hydrogens (tertiary/aromatic N) is 3. The summed E-state index contributed by atoms with van der Waals surface area (Å²) in [7, 11) is 0. The number of fused-ring (bicyclic) bond motifs is 1. The SMILES string of the molecule is CCc1ccc(NC(=O)c2ccc(Cn3c(SCc4ccc(F)cc4Cl)nc4ccncc43)cc2)cc1. The Kier molecular flexibility index (Phi) is 7.53. The summed E-state index contributed by atoms with van der Waals surface area (Å²) in [5.41, 5.74) is 6.19. The average molecular weight is 531 g/mol. The maximum Gasteiger partial charge on any atom is 0.255 e. The van der Waals surface area contributed by atoms with Crippen molar-refractivity contribution in [2.45, 2.75) is 30.8 Å². The minimum atomic E-state index is -0.358. The first kappa shape index (κ1) is 25.0. The van der Waals surface area contributed by atoms with Gasteiger partial charge in [0.05, 0.1) is 23.8 Å². The minimum absolute atomic E-state index is 0.152. The van der Waals surface area contributed by atoms with E-state index in [1.165, 1.54) is 29.5 Å². The van der Waals surface area contributed by atoms with E-state index >= 15 is 0 Å². The molecule has 0 bridgehead atoms. The molecule has 2 heterocycles. The lowest BCUT2D eigenvalue weighted by Gasteiger charge is -2.11. The number of hydrogen-bond donors (Lipinski definition) is 1. The molecule has 5 rings (SSSR count). The number of nitrogens with one attached hydrogen (secondary N) is 1. The molecule has 3 aromatic carbocycles. The smallest absolute Gasteiger partial charge is 0.255 e. The number of benzene rings is 3. The fourth-order valence-electron chi connectivity index (χ4n) is 3.96. The molecule has 2 aromatic heterocycles. The standard InChI is InChI=1S/C29H24ClFN4OS/c1-2-19-5-11-24(12-6-19)33-28(36)21-7-3-20(4-8-21)17-35-27-16-32-14-13-26(27)34-29(35)37-18-22-9-10-23(31)15-25(22)30/h3-16H,2,17-18H2,1H3,(H,33,36). The molecule has 0 fully saturated rings. The van der Waals surface area contributed by atoms with Gasteiger partial charge in [-0.15, -0.1) is 0 Å². The van der Waals surface area contributed by atoms with E-state index in [2.05, 4.69) is 21.8 Å². The molecular weight excluding hydrogens is 507 g/mol. The van der Waals surface area contributed by atoms with Gasteiger partial charge in [-0.05, 0) is 65.6 Å². The molecule has 0 radical (unpaired) electrons. The number of anilines is 1. The predicted molar refractivity (Wildman–Crippen MR) is 148 cm³/mol. The third kappa shape index (κ3) is 5.84. The lowest BCUT2D eigenvalue weighted by Crippen LogP contribution is -2.12. The summed E-state index contributed by atoms with van der Waals surface area (Å²) in [4.78, 5) is 21.8. The van der Waals surface area contributed by atoms with Crippen LogP contribution in [0.5, 0.6) is 0 Å². The average Bonchev–Trinajstić information content (AvgIpc) is 3.26. The zero-order valence-electron chi connectivity index (χ0n) is 20.1. The Morgan fingerprint density at radius 2 is 1.78 bits per heavy atom. The van der Waals surface area contributed by atoms with Crippen molar-refractivity contribution in [3.8, 4) is 0 Å². The first-order valence-electron chi connectivity index (χ1n) is 11.9. The molecule has 0 unspecified atom stereocenters. The first-order chi connectivity index (χ1) is 18.0. The highest BCUT2D eigenvalue weighted by molar-refractivity contribution is 7.98. The van der Waals surface area contributed by atoms with Crippen LogP contribution in [0.4, 0.5) is 10.1 Å². The summed E-state index contributed by atoms with van der Waals surface area (Å²) in [5.74, 6) is 0.0397. The van der Waals surface area contributed by atoms with Crippen LogP contribution in [0.3, 0.4) is 0 Å². The molecule has 0 atom stereocenters. The highest BCUT2D eigenvalue weighted by Gasteiger charge is 2.14. The third-order valence-corrected chi connectivity index (χ3v) is 7.44. The lowest BCUT2D eigenvalue weighted by atomic mass is 10.1. The summed E-state index contributed by atoms with van der Waals surface area (Å²) in [5, 5.41) is 4.15. The highest BCUT2D eigenvalue weighted by atomic mass is 35.5. The van der Waals surface area contributed by atoms with Gasteiger partial charge in [0.2, 0.25) is 0 Å². The van der Waals surface area contributed by atoms with Crippen LogP contribution >= 0.6 is 23.4 Å². The second-order valence-electron chi connectivity index (χ2n) is 8.57. The molecule has 0 aliphatic rings. The normalized spacial score (nSPS) is 11.1. The molecule has 0 saturated heterocycles. The number of carbonyl (C=O) groups excluding carboxylic acids is 1. The van der Waals surface area contributed by atoms with Crippen molar-refractivity contribution in [3.63, 3.8) is 0 Å². The van der Waals surface area contributed by atoms with Gasteiger partial charge in [-0.3, -0.25) is 9.78 Å². The fourth-order valence-corrected chi connectivity index (χ4v) is 5.29. The van der Waals surface area contributed by atoms with Crippen molar-refractivity contribution in [1.29, 1.82) is 0 Å². The Balaban J connectivity index is 1.33. The molecule has 0 spiro atoms. The van der Waals surface area contributed by atoms with Crippen LogP contribution in [0.25, 0.3) is 11.0 Å². The van der Waals surface area contributed by atoms with E-state index in [0.717, 1.165) is 39.4 Å². The number of pyridine rings is 1. The Morgan fingerprint density at radius 1 is 1.03 bits per heavy atom. The molecule has 8 heteroatoms. The number of thioether (sulfide) groups is 1. The van der Waals surface area contributed by atoms with Crippen LogP contribution in [-0.4, -0.2) is 20.4 Å². The molecule has 5 nitrogen and oxygen atoms in total. The van der Waals surface area contributed by atoms with E-state index in [0.29, 0.717) is 22.9 Å². The summed E-state index contributed by atoms with van der Waals surface area (Å²) >= 11 is 7.76. The van der Waals surface area contributed by atoms with Gasteiger partial charge in [-0.2, -0.15) is 0 Å². The summed E-state index contributed by atoms with van der Waals surface area (Å²) in [6, 6.07) is 21.7. The number of halogens is 2. The van der Waals surface area contributed by atoms with Crippen molar-refractivity contribution in [2.24, 2.45) is 0 Å². The molecule has 1 amide bonds. The van der Waals surface area contributed by atoms with Gasteiger partial charge in [-0.25, -0.2) is 9.37 Å². The Labute approximate surface area is 223 Å². The van der Waals surface area contributed by atoms with Gasteiger partial charge in [0.25, 0.3) is 5.91 Å². The Hall–Kier alpha value is -3.68. The van der Waals surface area contributed by atoms with Crippen molar-refractivity contribution in [3.05, 3.63) is 118 Å². The van der Waals surface area contributed by atoms with Crippen LogP contribution < -0.4 is 5.32 Å².